The molecule has 1 fully saturated rings. The molecular formula is C15H21NS. The Morgan fingerprint density at radius 1 is 1.35 bits per heavy atom. The number of hydrogen-bond donors (Lipinski definition) is 0. The summed E-state index contributed by atoms with van der Waals surface area (Å²) in [4.78, 5) is 4.08. The van der Waals surface area contributed by atoms with Crippen LogP contribution in [0.3, 0.4) is 0 Å². The summed E-state index contributed by atoms with van der Waals surface area (Å²) in [6.45, 7) is 3.63. The van der Waals surface area contributed by atoms with Crippen LogP contribution in [0.25, 0.3) is 0 Å². The molecule has 1 nitrogen and oxygen atoms in total. The monoisotopic (exact) mass is 247 g/mol. The molecule has 0 aromatic heterocycles. The smallest absolute Gasteiger partial charge is 0.0263 e. The average molecular weight is 247 g/mol. The predicted molar refractivity (Wildman–Crippen MR) is 74.6 cm³/mol. The van der Waals surface area contributed by atoms with Crippen molar-refractivity contribution >= 4 is 11.8 Å². The maximum Gasteiger partial charge on any atom is 0.0263 e. The highest BCUT2D eigenvalue weighted by Crippen LogP contribution is 2.39. The first kappa shape index (κ1) is 11.6. The van der Waals surface area contributed by atoms with Crippen molar-refractivity contribution in [3.63, 3.8) is 0 Å². The molecule has 2 heteroatoms. The second-order valence-corrected chi connectivity index (χ2v) is 6.91. The zero-order valence-electron chi connectivity index (χ0n) is 10.7. The fourth-order valence-corrected chi connectivity index (χ4v) is 4.17. The van der Waals surface area contributed by atoms with Crippen LogP contribution in [-0.2, 0) is 6.42 Å². The van der Waals surface area contributed by atoms with E-state index < -0.39 is 0 Å². The highest BCUT2D eigenvalue weighted by molar-refractivity contribution is 8.00. The van der Waals surface area contributed by atoms with E-state index in [2.05, 4.69) is 54.9 Å². The van der Waals surface area contributed by atoms with E-state index >= 15 is 0 Å². The van der Waals surface area contributed by atoms with E-state index in [9.17, 15) is 0 Å². The van der Waals surface area contributed by atoms with Crippen LogP contribution in [0.5, 0.6) is 0 Å². The number of hydrogen-bond acceptors (Lipinski definition) is 2. The molecule has 2 aliphatic rings. The molecule has 1 aliphatic heterocycles. The molecule has 0 spiro atoms. The molecule has 2 unspecified atom stereocenters. The van der Waals surface area contributed by atoms with Crippen molar-refractivity contribution in [2.75, 3.05) is 13.6 Å². The molecular weight excluding hydrogens is 226 g/mol. The molecule has 0 N–H and O–H groups in total. The van der Waals surface area contributed by atoms with Gasteiger partial charge in [-0.3, -0.25) is 0 Å². The summed E-state index contributed by atoms with van der Waals surface area (Å²) in [5.41, 5.74) is 1.55. The van der Waals surface area contributed by atoms with Crippen LogP contribution in [0.15, 0.2) is 29.2 Å². The molecule has 1 aromatic carbocycles. The van der Waals surface area contributed by atoms with Gasteiger partial charge in [-0.05, 0) is 50.8 Å². The number of fused-ring (bicyclic) bond motifs is 1. The Morgan fingerprint density at radius 3 is 2.82 bits per heavy atom. The van der Waals surface area contributed by atoms with Crippen molar-refractivity contribution < 1.29 is 0 Å². The Balaban J connectivity index is 1.58. The Bertz CT molecular complexity index is 375. The first-order valence-electron chi connectivity index (χ1n) is 6.69. The minimum atomic E-state index is 0.763. The lowest BCUT2D eigenvalue weighted by Gasteiger charge is -2.27. The van der Waals surface area contributed by atoms with Crippen molar-refractivity contribution in [1.29, 1.82) is 0 Å². The number of thioether (sulfide) groups is 1. The molecule has 1 aromatic rings. The van der Waals surface area contributed by atoms with Gasteiger partial charge in [-0.25, -0.2) is 0 Å². The summed E-state index contributed by atoms with van der Waals surface area (Å²) in [6.07, 6.45) is 4.15. The molecule has 0 bridgehead atoms. The highest BCUT2D eigenvalue weighted by Gasteiger charge is 2.32. The van der Waals surface area contributed by atoms with Crippen molar-refractivity contribution in [1.82, 2.24) is 4.90 Å². The van der Waals surface area contributed by atoms with E-state index in [1.54, 1.807) is 5.56 Å². The summed E-state index contributed by atoms with van der Waals surface area (Å²) in [7, 11) is 2.30. The molecule has 1 aliphatic carbocycles. The fourth-order valence-electron chi connectivity index (χ4n) is 2.78. The van der Waals surface area contributed by atoms with E-state index in [0.717, 1.165) is 17.2 Å². The Kier molecular flexibility index (Phi) is 3.18. The lowest BCUT2D eigenvalue weighted by molar-refractivity contribution is 0.235. The number of benzene rings is 1. The van der Waals surface area contributed by atoms with Gasteiger partial charge in [0.25, 0.3) is 0 Å². The second kappa shape index (κ2) is 4.66. The second-order valence-electron chi connectivity index (χ2n) is 5.57. The minimum Gasteiger partial charge on any atom is -0.302 e. The van der Waals surface area contributed by atoms with Crippen molar-refractivity contribution in [2.24, 2.45) is 5.92 Å². The lowest BCUT2D eigenvalue weighted by Crippen LogP contribution is -2.36. The van der Waals surface area contributed by atoms with Crippen LogP contribution in [0.2, 0.25) is 0 Å². The van der Waals surface area contributed by atoms with Crippen LogP contribution in [-0.4, -0.2) is 29.8 Å². The molecule has 0 radical (unpaired) electrons. The van der Waals surface area contributed by atoms with Crippen LogP contribution >= 0.6 is 11.8 Å². The quantitative estimate of drug-likeness (QED) is 0.802. The Labute approximate surface area is 109 Å². The molecule has 92 valence electrons. The van der Waals surface area contributed by atoms with Gasteiger partial charge in [0.1, 0.15) is 0 Å². The number of nitrogens with zero attached hydrogens (tertiary/aromatic N) is 1. The van der Waals surface area contributed by atoms with Gasteiger partial charge in [-0.15, -0.1) is 11.8 Å². The molecule has 1 saturated carbocycles. The summed E-state index contributed by atoms with van der Waals surface area (Å²) >= 11 is 2.07. The highest BCUT2D eigenvalue weighted by atomic mass is 32.2. The van der Waals surface area contributed by atoms with E-state index in [0.29, 0.717) is 0 Å². The Hall–Kier alpha value is -0.470. The normalized spacial score (nSPS) is 25.0. The largest absolute Gasteiger partial charge is 0.302 e. The topological polar surface area (TPSA) is 3.24 Å². The standard InChI is InChI=1S/C15H21NS/c1-11(12-7-8-12)16(2)10-14-9-13-5-3-4-6-15(13)17-14/h3-6,11-12,14H,7-10H2,1-2H3. The molecule has 17 heavy (non-hydrogen) atoms. The minimum absolute atomic E-state index is 0.763. The summed E-state index contributed by atoms with van der Waals surface area (Å²) in [6, 6.07) is 9.65. The average Bonchev–Trinajstić information content (AvgIpc) is 3.08. The lowest BCUT2D eigenvalue weighted by atomic mass is 10.1. The molecule has 2 atom stereocenters. The first-order chi connectivity index (χ1) is 8.24. The molecule has 0 saturated heterocycles. The van der Waals surface area contributed by atoms with Crippen molar-refractivity contribution in [3.05, 3.63) is 29.8 Å². The maximum atomic E-state index is 2.57. The van der Waals surface area contributed by atoms with Crippen LogP contribution in [0.4, 0.5) is 0 Å². The van der Waals surface area contributed by atoms with Gasteiger partial charge in [-0.1, -0.05) is 18.2 Å². The number of rotatable bonds is 4. The predicted octanol–water partition coefficient (Wildman–Crippen LogP) is 3.43. The summed E-state index contributed by atoms with van der Waals surface area (Å²) < 4.78 is 0. The van der Waals surface area contributed by atoms with E-state index in [1.165, 1.54) is 30.7 Å². The van der Waals surface area contributed by atoms with Gasteiger partial charge >= 0.3 is 0 Å². The van der Waals surface area contributed by atoms with Gasteiger partial charge in [0, 0.05) is 22.7 Å². The molecule has 3 rings (SSSR count). The maximum absolute atomic E-state index is 2.57. The van der Waals surface area contributed by atoms with Crippen LogP contribution in [0, 0.1) is 5.92 Å². The van der Waals surface area contributed by atoms with Crippen LogP contribution < -0.4 is 0 Å². The zero-order chi connectivity index (χ0) is 11.8. The zero-order valence-corrected chi connectivity index (χ0v) is 11.5. The van der Waals surface area contributed by atoms with Gasteiger partial charge in [0.05, 0.1) is 0 Å². The van der Waals surface area contributed by atoms with Crippen molar-refractivity contribution in [3.8, 4) is 0 Å². The third kappa shape index (κ3) is 2.53. The summed E-state index contributed by atoms with van der Waals surface area (Å²) in [5, 5.41) is 0.763. The SMILES string of the molecule is CC(C1CC1)N(C)CC1Cc2ccccc2S1. The Morgan fingerprint density at radius 2 is 2.12 bits per heavy atom. The van der Waals surface area contributed by atoms with Gasteiger partial charge in [-0.2, -0.15) is 0 Å². The fraction of sp³-hybridized carbons (Fsp3) is 0.600. The van der Waals surface area contributed by atoms with E-state index in [4.69, 9.17) is 0 Å². The van der Waals surface area contributed by atoms with Crippen molar-refractivity contribution in [2.45, 2.75) is 42.4 Å². The molecule has 1 heterocycles. The van der Waals surface area contributed by atoms with Gasteiger partial charge < -0.3 is 4.90 Å². The van der Waals surface area contributed by atoms with Gasteiger partial charge in [0.2, 0.25) is 0 Å². The molecule has 0 amide bonds. The third-order valence-corrected chi connectivity index (χ3v) is 5.51. The van der Waals surface area contributed by atoms with E-state index in [-0.39, 0.29) is 0 Å². The van der Waals surface area contributed by atoms with Gasteiger partial charge in [0.15, 0.2) is 0 Å². The third-order valence-electron chi connectivity index (χ3n) is 4.20. The van der Waals surface area contributed by atoms with E-state index in [1.807, 2.05) is 0 Å². The van der Waals surface area contributed by atoms with Crippen LogP contribution in [0.1, 0.15) is 25.3 Å². The summed E-state index contributed by atoms with van der Waals surface area (Å²) in [5.74, 6) is 0.980. The first-order valence-corrected chi connectivity index (χ1v) is 7.57.